The highest BCUT2D eigenvalue weighted by molar-refractivity contribution is 5.86. The first kappa shape index (κ1) is 16.7. The second kappa shape index (κ2) is 5.54. The van der Waals surface area contributed by atoms with Crippen molar-refractivity contribution < 1.29 is 14.6 Å². The van der Waals surface area contributed by atoms with E-state index in [9.17, 15) is 14.7 Å². The van der Waals surface area contributed by atoms with Crippen LogP contribution in [0.5, 0.6) is 0 Å². The number of cyclic esters (lactones) is 1. The number of hydrogen-bond acceptors (Lipinski definition) is 5. The van der Waals surface area contributed by atoms with Gasteiger partial charge in [0.2, 0.25) is 0 Å². The summed E-state index contributed by atoms with van der Waals surface area (Å²) in [6, 6.07) is 11.4. The normalized spacial score (nSPS) is 22.2. The first-order valence-electron chi connectivity index (χ1n) is 9.04. The zero-order chi connectivity index (χ0) is 19.6. The van der Waals surface area contributed by atoms with Crippen LogP contribution in [0.1, 0.15) is 36.1 Å². The number of ether oxygens (including phenoxy) is 1. The Kier molecular flexibility index (Phi) is 3.31. The van der Waals surface area contributed by atoms with Gasteiger partial charge in [0.05, 0.1) is 29.0 Å². The van der Waals surface area contributed by atoms with Crippen LogP contribution in [0, 0.1) is 12.3 Å². The van der Waals surface area contributed by atoms with Crippen molar-refractivity contribution in [3.8, 4) is 23.7 Å². The van der Waals surface area contributed by atoms with Gasteiger partial charge in [-0.1, -0.05) is 31.0 Å². The summed E-state index contributed by atoms with van der Waals surface area (Å²) in [5.41, 5.74) is 1.05. The number of carbonyl (C=O) groups excluding carboxylic acids is 1. The number of hydrogen-bond donors (Lipinski definition) is 1. The number of nitrogens with zero attached hydrogens (tertiary/aromatic N) is 2. The van der Waals surface area contributed by atoms with Crippen molar-refractivity contribution in [2.75, 3.05) is 0 Å². The van der Waals surface area contributed by atoms with E-state index < -0.39 is 17.7 Å². The Morgan fingerprint density at radius 1 is 1.36 bits per heavy atom. The van der Waals surface area contributed by atoms with Crippen LogP contribution in [-0.4, -0.2) is 20.6 Å². The molecule has 0 amide bonds. The summed E-state index contributed by atoms with van der Waals surface area (Å²) in [6.07, 6.45) is 4.46. The molecule has 5 rings (SSSR count). The number of pyridine rings is 2. The maximum atomic E-state index is 13.3. The van der Waals surface area contributed by atoms with Crippen LogP contribution in [0.4, 0.5) is 0 Å². The minimum atomic E-state index is -1.91. The van der Waals surface area contributed by atoms with E-state index in [-0.39, 0.29) is 23.1 Å². The van der Waals surface area contributed by atoms with Crippen molar-refractivity contribution in [2.24, 2.45) is 0 Å². The fraction of sp³-hybridized carbons (Fsp3) is 0.227. The summed E-state index contributed by atoms with van der Waals surface area (Å²) in [5, 5.41) is 12.0. The van der Waals surface area contributed by atoms with Crippen molar-refractivity contribution in [1.29, 1.82) is 0 Å². The zero-order valence-electron chi connectivity index (χ0n) is 15.1. The number of benzene rings is 1. The Labute approximate surface area is 160 Å². The monoisotopic (exact) mass is 372 g/mol. The highest BCUT2D eigenvalue weighted by atomic mass is 16.6. The zero-order valence-corrected chi connectivity index (χ0v) is 15.1. The first-order valence-corrected chi connectivity index (χ1v) is 9.04. The van der Waals surface area contributed by atoms with E-state index in [1.807, 2.05) is 30.3 Å². The molecule has 0 bridgehead atoms. The lowest BCUT2D eigenvalue weighted by Gasteiger charge is -2.34. The van der Waals surface area contributed by atoms with Gasteiger partial charge in [-0.2, -0.15) is 0 Å². The minimum absolute atomic E-state index is 0.0665. The third-order valence-electron chi connectivity index (χ3n) is 5.64. The van der Waals surface area contributed by atoms with Crippen LogP contribution in [0.25, 0.3) is 22.3 Å². The number of carbonyl (C=O) groups is 1. The Hall–Kier alpha value is -3.43. The Morgan fingerprint density at radius 3 is 2.89 bits per heavy atom. The van der Waals surface area contributed by atoms with Gasteiger partial charge in [0, 0.05) is 16.5 Å². The molecule has 0 saturated carbocycles. The molecule has 2 aromatic heterocycles. The molecule has 1 N–H and O–H groups in total. The molecule has 0 aliphatic carbocycles. The van der Waals surface area contributed by atoms with Gasteiger partial charge in [-0.3, -0.25) is 4.79 Å². The van der Waals surface area contributed by atoms with E-state index in [1.165, 1.54) is 0 Å². The molecule has 6 nitrogen and oxygen atoms in total. The standard InChI is InChI=1S/C22H16N2O4/c1-3-17-18-14(22(27,4-2)21(26)28-17)10-16-19-13(11-24(16)20(18)25)9-12-7-5-6-8-15(12)23-19/h1,5-10,17,27H,4,11H2,2H3/t17?,22-/m0/s1. The van der Waals surface area contributed by atoms with Gasteiger partial charge in [-0.05, 0) is 24.6 Å². The summed E-state index contributed by atoms with van der Waals surface area (Å²) < 4.78 is 6.77. The van der Waals surface area contributed by atoms with Crippen LogP contribution >= 0.6 is 0 Å². The Morgan fingerprint density at radius 2 is 2.14 bits per heavy atom. The summed E-state index contributed by atoms with van der Waals surface area (Å²) in [7, 11) is 0. The average molecular weight is 372 g/mol. The number of rotatable bonds is 1. The number of terminal acetylenes is 1. The van der Waals surface area contributed by atoms with Crippen molar-refractivity contribution >= 4 is 16.9 Å². The van der Waals surface area contributed by atoms with E-state index in [2.05, 4.69) is 5.92 Å². The molecule has 2 aliphatic rings. The quantitative estimate of drug-likeness (QED) is 0.409. The van der Waals surface area contributed by atoms with Crippen molar-refractivity contribution in [3.05, 3.63) is 63.4 Å². The molecule has 0 saturated heterocycles. The lowest BCUT2D eigenvalue weighted by atomic mass is 9.83. The molecular formula is C22H16N2O4. The van der Waals surface area contributed by atoms with E-state index in [1.54, 1.807) is 17.6 Å². The number of esters is 1. The maximum Gasteiger partial charge on any atom is 0.344 e. The molecule has 3 aromatic rings. The number of fused-ring (bicyclic) bond motifs is 5. The van der Waals surface area contributed by atoms with Gasteiger partial charge < -0.3 is 14.4 Å². The fourth-order valence-corrected chi connectivity index (χ4v) is 4.11. The number of aromatic nitrogens is 2. The second-order valence-electron chi connectivity index (χ2n) is 7.10. The smallest absolute Gasteiger partial charge is 0.344 e. The molecule has 2 atom stereocenters. The highest BCUT2D eigenvalue weighted by Crippen LogP contribution is 2.41. The minimum Gasteiger partial charge on any atom is -0.442 e. The third kappa shape index (κ3) is 1.99. The lowest BCUT2D eigenvalue weighted by molar-refractivity contribution is -0.174. The van der Waals surface area contributed by atoms with Crippen molar-refractivity contribution in [3.63, 3.8) is 0 Å². The van der Waals surface area contributed by atoms with Gasteiger partial charge in [0.1, 0.15) is 0 Å². The van der Waals surface area contributed by atoms with Gasteiger partial charge >= 0.3 is 5.97 Å². The molecule has 0 fully saturated rings. The number of aliphatic hydroxyl groups is 1. The molecule has 0 spiro atoms. The summed E-state index contributed by atoms with van der Waals surface area (Å²) in [6.45, 7) is 2.01. The predicted octanol–water partition coefficient (Wildman–Crippen LogP) is 2.25. The van der Waals surface area contributed by atoms with E-state index in [0.29, 0.717) is 17.9 Å². The van der Waals surface area contributed by atoms with Gasteiger partial charge in [0.15, 0.2) is 11.7 Å². The Balaban J connectivity index is 1.84. The van der Waals surface area contributed by atoms with Gasteiger partial charge in [-0.15, -0.1) is 6.42 Å². The molecule has 0 radical (unpaired) electrons. The molecule has 4 heterocycles. The summed E-state index contributed by atoms with van der Waals surface area (Å²) in [5.74, 6) is 1.52. The molecule has 2 aliphatic heterocycles. The van der Waals surface area contributed by atoms with Crippen molar-refractivity contribution in [2.45, 2.75) is 31.6 Å². The van der Waals surface area contributed by atoms with Crippen LogP contribution in [0.15, 0.2) is 41.2 Å². The van der Waals surface area contributed by atoms with Gasteiger partial charge in [0.25, 0.3) is 5.56 Å². The molecule has 1 unspecified atom stereocenters. The van der Waals surface area contributed by atoms with Crippen LogP contribution < -0.4 is 5.56 Å². The van der Waals surface area contributed by atoms with Crippen LogP contribution in [0.3, 0.4) is 0 Å². The SMILES string of the molecule is C#CC1OC(=O)[C@](O)(CC)c2cc3n(c(=O)c21)Cc1cc2ccccc2nc1-3. The topological polar surface area (TPSA) is 81.4 Å². The summed E-state index contributed by atoms with van der Waals surface area (Å²) in [4.78, 5) is 30.4. The maximum absolute atomic E-state index is 13.3. The average Bonchev–Trinajstić information content (AvgIpc) is 3.07. The third-order valence-corrected chi connectivity index (χ3v) is 5.64. The van der Waals surface area contributed by atoms with E-state index in [0.717, 1.165) is 16.5 Å². The molecule has 28 heavy (non-hydrogen) atoms. The van der Waals surface area contributed by atoms with Gasteiger partial charge in [-0.25, -0.2) is 9.78 Å². The number of para-hydroxylation sites is 1. The Bertz CT molecular complexity index is 1280. The second-order valence-corrected chi connectivity index (χ2v) is 7.10. The predicted molar refractivity (Wildman–Crippen MR) is 102 cm³/mol. The van der Waals surface area contributed by atoms with E-state index >= 15 is 0 Å². The molecule has 1 aromatic carbocycles. The molecule has 138 valence electrons. The molecule has 6 heteroatoms. The largest absolute Gasteiger partial charge is 0.442 e. The van der Waals surface area contributed by atoms with E-state index in [4.69, 9.17) is 16.1 Å². The van der Waals surface area contributed by atoms with Crippen LogP contribution in [-0.2, 0) is 21.7 Å². The highest BCUT2D eigenvalue weighted by Gasteiger charge is 2.48. The first-order chi connectivity index (χ1) is 13.5. The summed E-state index contributed by atoms with van der Waals surface area (Å²) >= 11 is 0. The van der Waals surface area contributed by atoms with Crippen LogP contribution in [0.2, 0.25) is 0 Å². The van der Waals surface area contributed by atoms with Crippen molar-refractivity contribution in [1.82, 2.24) is 9.55 Å². The fourth-order valence-electron chi connectivity index (χ4n) is 4.11. The lowest BCUT2D eigenvalue weighted by Crippen LogP contribution is -2.45. The molecular weight excluding hydrogens is 356 g/mol.